The van der Waals surface area contributed by atoms with Gasteiger partial charge in [-0.25, -0.2) is 4.39 Å². The van der Waals surface area contributed by atoms with E-state index in [1.165, 1.54) is 17.2 Å². The van der Waals surface area contributed by atoms with Gasteiger partial charge >= 0.3 is 0 Å². The summed E-state index contributed by atoms with van der Waals surface area (Å²) in [4.78, 5) is 4.06. The monoisotopic (exact) mass is 244 g/mol. The minimum absolute atomic E-state index is 0.183. The number of hydrogen-bond acceptors (Lipinski definition) is 2. The predicted octanol–water partition coefficient (Wildman–Crippen LogP) is 3.13. The van der Waals surface area contributed by atoms with E-state index < -0.39 is 0 Å². The van der Waals surface area contributed by atoms with Crippen molar-refractivity contribution in [1.29, 1.82) is 0 Å². The largest absolute Gasteiger partial charge is 0.309 e. The van der Waals surface area contributed by atoms with Crippen LogP contribution in [0.1, 0.15) is 22.3 Å². The third-order valence-electron chi connectivity index (χ3n) is 3.08. The Kier molecular flexibility index (Phi) is 4.05. The van der Waals surface area contributed by atoms with Crippen LogP contribution in [0.5, 0.6) is 0 Å². The third-order valence-corrected chi connectivity index (χ3v) is 3.08. The standard InChI is InChI=1S/C15H17FN2/c1-11-3-4-15(16)7-14(11)10-18-9-13-5-6-17-8-12(13)2/h3-8,18H,9-10H2,1-2H3. The second kappa shape index (κ2) is 5.74. The van der Waals surface area contributed by atoms with Gasteiger partial charge < -0.3 is 5.32 Å². The van der Waals surface area contributed by atoms with Crippen molar-refractivity contribution in [2.75, 3.05) is 0 Å². The maximum absolute atomic E-state index is 13.1. The van der Waals surface area contributed by atoms with Crippen molar-refractivity contribution in [1.82, 2.24) is 10.3 Å². The molecule has 1 aromatic heterocycles. The van der Waals surface area contributed by atoms with Gasteiger partial charge in [-0.1, -0.05) is 6.07 Å². The Morgan fingerprint density at radius 1 is 1.06 bits per heavy atom. The third kappa shape index (κ3) is 3.14. The summed E-state index contributed by atoms with van der Waals surface area (Å²) in [5.41, 5.74) is 4.50. The van der Waals surface area contributed by atoms with Crippen LogP contribution in [0.3, 0.4) is 0 Å². The summed E-state index contributed by atoms with van der Waals surface area (Å²) >= 11 is 0. The lowest BCUT2D eigenvalue weighted by atomic mass is 10.1. The van der Waals surface area contributed by atoms with Crippen LogP contribution in [0.4, 0.5) is 4.39 Å². The van der Waals surface area contributed by atoms with Crippen LogP contribution < -0.4 is 5.32 Å². The fraction of sp³-hybridized carbons (Fsp3) is 0.267. The zero-order chi connectivity index (χ0) is 13.0. The molecule has 0 amide bonds. The molecule has 0 radical (unpaired) electrons. The quantitative estimate of drug-likeness (QED) is 0.893. The molecule has 1 aromatic carbocycles. The van der Waals surface area contributed by atoms with Crippen molar-refractivity contribution in [2.24, 2.45) is 0 Å². The fourth-order valence-electron chi connectivity index (χ4n) is 1.86. The van der Waals surface area contributed by atoms with E-state index in [4.69, 9.17) is 0 Å². The molecule has 18 heavy (non-hydrogen) atoms. The SMILES string of the molecule is Cc1cnccc1CNCc1cc(F)ccc1C. The molecule has 0 bridgehead atoms. The summed E-state index contributed by atoms with van der Waals surface area (Å²) in [6, 6.07) is 6.89. The number of aromatic nitrogens is 1. The molecule has 0 atom stereocenters. The Hall–Kier alpha value is -1.74. The zero-order valence-electron chi connectivity index (χ0n) is 10.7. The van der Waals surface area contributed by atoms with Crippen LogP contribution in [0.2, 0.25) is 0 Å². The highest BCUT2D eigenvalue weighted by Gasteiger charge is 2.01. The first-order chi connectivity index (χ1) is 8.66. The number of aryl methyl sites for hydroxylation is 2. The second-order valence-corrected chi connectivity index (χ2v) is 4.48. The van der Waals surface area contributed by atoms with Gasteiger partial charge in [-0.2, -0.15) is 0 Å². The number of nitrogens with one attached hydrogen (secondary N) is 1. The minimum atomic E-state index is -0.183. The Morgan fingerprint density at radius 2 is 1.83 bits per heavy atom. The van der Waals surface area contributed by atoms with Crippen LogP contribution >= 0.6 is 0 Å². The first-order valence-electron chi connectivity index (χ1n) is 6.02. The maximum atomic E-state index is 13.1. The molecule has 0 spiro atoms. The van der Waals surface area contributed by atoms with Gasteiger partial charge in [-0.3, -0.25) is 4.98 Å². The lowest BCUT2D eigenvalue weighted by Gasteiger charge is -2.09. The van der Waals surface area contributed by atoms with Crippen molar-refractivity contribution in [2.45, 2.75) is 26.9 Å². The van der Waals surface area contributed by atoms with Gasteiger partial charge in [-0.15, -0.1) is 0 Å². The van der Waals surface area contributed by atoms with Gasteiger partial charge in [0.15, 0.2) is 0 Å². The van der Waals surface area contributed by atoms with Crippen molar-refractivity contribution >= 4 is 0 Å². The van der Waals surface area contributed by atoms with E-state index >= 15 is 0 Å². The number of halogens is 1. The minimum Gasteiger partial charge on any atom is -0.309 e. The van der Waals surface area contributed by atoms with Gasteiger partial charge in [0.25, 0.3) is 0 Å². The molecular formula is C15H17FN2. The van der Waals surface area contributed by atoms with Crippen molar-refractivity contribution in [3.63, 3.8) is 0 Å². The number of pyridine rings is 1. The fourth-order valence-corrected chi connectivity index (χ4v) is 1.86. The highest BCUT2D eigenvalue weighted by molar-refractivity contribution is 5.27. The number of rotatable bonds is 4. The zero-order valence-corrected chi connectivity index (χ0v) is 10.7. The molecular weight excluding hydrogens is 227 g/mol. The summed E-state index contributed by atoms with van der Waals surface area (Å²) in [7, 11) is 0. The summed E-state index contributed by atoms with van der Waals surface area (Å²) in [6.45, 7) is 5.47. The second-order valence-electron chi connectivity index (χ2n) is 4.48. The van der Waals surface area contributed by atoms with Gasteiger partial charge in [0, 0.05) is 25.5 Å². The van der Waals surface area contributed by atoms with Crippen LogP contribution in [-0.4, -0.2) is 4.98 Å². The number of nitrogens with zero attached hydrogens (tertiary/aromatic N) is 1. The molecule has 1 heterocycles. The van der Waals surface area contributed by atoms with E-state index in [1.54, 1.807) is 12.3 Å². The van der Waals surface area contributed by atoms with Gasteiger partial charge in [0.1, 0.15) is 5.82 Å². The molecule has 0 saturated heterocycles. The summed E-state index contributed by atoms with van der Waals surface area (Å²) in [6.07, 6.45) is 3.64. The highest BCUT2D eigenvalue weighted by Crippen LogP contribution is 2.10. The Labute approximate surface area is 107 Å². The summed E-state index contributed by atoms with van der Waals surface area (Å²) in [5.74, 6) is -0.183. The van der Waals surface area contributed by atoms with E-state index in [2.05, 4.69) is 10.3 Å². The Morgan fingerprint density at radius 3 is 2.61 bits per heavy atom. The molecule has 94 valence electrons. The maximum Gasteiger partial charge on any atom is 0.123 e. The number of benzene rings is 1. The number of hydrogen-bond donors (Lipinski definition) is 1. The lowest BCUT2D eigenvalue weighted by Crippen LogP contribution is -2.14. The van der Waals surface area contributed by atoms with E-state index in [-0.39, 0.29) is 5.82 Å². The molecule has 1 N–H and O–H groups in total. The van der Waals surface area contributed by atoms with Crippen LogP contribution in [0.25, 0.3) is 0 Å². The van der Waals surface area contributed by atoms with Gasteiger partial charge in [0.2, 0.25) is 0 Å². The van der Waals surface area contributed by atoms with Crippen molar-refractivity contribution < 1.29 is 4.39 Å². The van der Waals surface area contributed by atoms with Gasteiger partial charge in [0.05, 0.1) is 0 Å². The predicted molar refractivity (Wildman–Crippen MR) is 70.7 cm³/mol. The average molecular weight is 244 g/mol. The molecule has 3 heteroatoms. The molecule has 2 aromatic rings. The molecule has 2 nitrogen and oxygen atoms in total. The van der Waals surface area contributed by atoms with Crippen molar-refractivity contribution in [3.8, 4) is 0 Å². The average Bonchev–Trinajstić information content (AvgIpc) is 2.36. The van der Waals surface area contributed by atoms with Crippen LogP contribution in [0, 0.1) is 19.7 Å². The highest BCUT2D eigenvalue weighted by atomic mass is 19.1. The van der Waals surface area contributed by atoms with E-state index in [0.717, 1.165) is 17.7 Å². The van der Waals surface area contributed by atoms with E-state index in [1.807, 2.05) is 32.2 Å². The molecule has 0 aliphatic carbocycles. The summed E-state index contributed by atoms with van der Waals surface area (Å²) < 4.78 is 13.1. The molecule has 2 rings (SSSR count). The van der Waals surface area contributed by atoms with Gasteiger partial charge in [-0.05, 0) is 54.3 Å². The molecule has 0 saturated carbocycles. The molecule has 0 aliphatic rings. The molecule has 0 aliphatic heterocycles. The van der Waals surface area contributed by atoms with Crippen LogP contribution in [-0.2, 0) is 13.1 Å². The van der Waals surface area contributed by atoms with Crippen LogP contribution in [0.15, 0.2) is 36.7 Å². The topological polar surface area (TPSA) is 24.9 Å². The van der Waals surface area contributed by atoms with E-state index in [0.29, 0.717) is 6.54 Å². The Balaban J connectivity index is 1.96. The summed E-state index contributed by atoms with van der Waals surface area (Å²) in [5, 5.41) is 3.33. The first kappa shape index (κ1) is 12.7. The van der Waals surface area contributed by atoms with E-state index in [9.17, 15) is 4.39 Å². The molecule has 0 unspecified atom stereocenters. The first-order valence-corrected chi connectivity index (χ1v) is 6.02. The Bertz CT molecular complexity index is 538. The van der Waals surface area contributed by atoms with Crippen molar-refractivity contribution in [3.05, 3.63) is 64.7 Å². The smallest absolute Gasteiger partial charge is 0.123 e. The normalized spacial score (nSPS) is 10.6. The molecule has 0 fully saturated rings. The lowest BCUT2D eigenvalue weighted by molar-refractivity contribution is 0.618.